The minimum absolute atomic E-state index is 0.182. The third-order valence-corrected chi connectivity index (χ3v) is 4.88. The van der Waals surface area contributed by atoms with Crippen LogP contribution >= 0.6 is 11.8 Å². The van der Waals surface area contributed by atoms with Gasteiger partial charge in [-0.15, -0.1) is 5.10 Å². The fourth-order valence-corrected chi connectivity index (χ4v) is 3.41. The highest BCUT2D eigenvalue weighted by Gasteiger charge is 2.21. The summed E-state index contributed by atoms with van der Waals surface area (Å²) in [6.45, 7) is 4.29. The molecule has 0 aliphatic carbocycles. The summed E-state index contributed by atoms with van der Waals surface area (Å²) in [7, 11) is 3.68. The van der Waals surface area contributed by atoms with Crippen LogP contribution in [0.5, 0.6) is 0 Å². The highest BCUT2D eigenvalue weighted by Crippen LogP contribution is 2.30. The van der Waals surface area contributed by atoms with Crippen molar-refractivity contribution in [2.24, 2.45) is 7.05 Å². The fourth-order valence-electron chi connectivity index (χ4n) is 2.31. The number of hydrogen-bond donors (Lipinski definition) is 2. The molecule has 6 heteroatoms. The molecule has 2 aromatic rings. The van der Waals surface area contributed by atoms with Gasteiger partial charge in [0, 0.05) is 18.3 Å². The molecule has 0 amide bonds. The summed E-state index contributed by atoms with van der Waals surface area (Å²) >= 11 is 1.59. The van der Waals surface area contributed by atoms with Crippen molar-refractivity contribution >= 4 is 11.8 Å². The molecule has 0 saturated heterocycles. The van der Waals surface area contributed by atoms with E-state index in [2.05, 4.69) is 53.6 Å². The number of H-pyrrole nitrogens is 1. The quantitative estimate of drug-likeness (QED) is 0.802. The lowest BCUT2D eigenvalue weighted by Crippen LogP contribution is -2.25. The lowest BCUT2D eigenvalue weighted by atomic mass is 10.0. The zero-order chi connectivity index (χ0) is 15.4. The second-order valence-corrected chi connectivity index (χ2v) is 6.40. The molecule has 2 rings (SSSR count). The van der Waals surface area contributed by atoms with Gasteiger partial charge < -0.3 is 5.32 Å². The molecule has 0 bridgehead atoms. The fraction of sp³-hybridized carbons (Fsp3) is 0.467. The summed E-state index contributed by atoms with van der Waals surface area (Å²) in [4.78, 5) is 11.4. The third-order valence-electron chi connectivity index (χ3n) is 3.66. The van der Waals surface area contributed by atoms with E-state index in [1.165, 1.54) is 15.7 Å². The Morgan fingerprint density at radius 1 is 1.38 bits per heavy atom. The van der Waals surface area contributed by atoms with Crippen molar-refractivity contribution in [3.63, 3.8) is 0 Å². The van der Waals surface area contributed by atoms with E-state index in [0.29, 0.717) is 5.16 Å². The molecule has 1 aromatic heterocycles. The van der Waals surface area contributed by atoms with Gasteiger partial charge in [-0.2, -0.15) is 0 Å². The van der Waals surface area contributed by atoms with E-state index in [1.54, 1.807) is 18.8 Å². The van der Waals surface area contributed by atoms with Gasteiger partial charge >= 0.3 is 5.69 Å². The van der Waals surface area contributed by atoms with E-state index in [4.69, 9.17) is 0 Å². The highest BCUT2D eigenvalue weighted by atomic mass is 32.2. The Labute approximate surface area is 129 Å². The molecule has 2 N–H and O–H groups in total. The SMILES string of the molecule is CCc1ccc(C(NC)C(C)Sc2n[nH]c(=O)n2C)cc1. The van der Waals surface area contributed by atoms with E-state index in [0.717, 1.165) is 6.42 Å². The van der Waals surface area contributed by atoms with Crippen LogP contribution in [-0.4, -0.2) is 27.1 Å². The zero-order valence-electron chi connectivity index (χ0n) is 12.9. The lowest BCUT2D eigenvalue weighted by Gasteiger charge is -2.23. The Kier molecular flexibility index (Phi) is 5.25. The van der Waals surface area contributed by atoms with Gasteiger partial charge in [0.05, 0.1) is 0 Å². The van der Waals surface area contributed by atoms with Gasteiger partial charge in [0.1, 0.15) is 0 Å². The Balaban J connectivity index is 2.15. The molecule has 114 valence electrons. The van der Waals surface area contributed by atoms with Gasteiger partial charge in [-0.3, -0.25) is 4.57 Å². The summed E-state index contributed by atoms with van der Waals surface area (Å²) in [5.41, 5.74) is 2.40. The van der Waals surface area contributed by atoms with Crippen molar-refractivity contribution in [1.29, 1.82) is 0 Å². The summed E-state index contributed by atoms with van der Waals surface area (Å²) in [6.07, 6.45) is 1.05. The van der Waals surface area contributed by atoms with Crippen LogP contribution < -0.4 is 11.0 Å². The highest BCUT2D eigenvalue weighted by molar-refractivity contribution is 7.99. The second kappa shape index (κ2) is 6.95. The number of aromatic nitrogens is 3. The molecule has 0 fully saturated rings. The molecule has 0 saturated carbocycles. The molecule has 1 heterocycles. The average Bonchev–Trinajstić information content (AvgIpc) is 2.81. The first-order chi connectivity index (χ1) is 10.1. The number of hydrogen-bond acceptors (Lipinski definition) is 4. The van der Waals surface area contributed by atoms with Crippen LogP contribution in [0.3, 0.4) is 0 Å². The standard InChI is InChI=1S/C15H22N4OS/c1-5-11-6-8-12(9-7-11)13(16-3)10(2)21-15-18-17-14(20)19(15)4/h6-10,13,16H,5H2,1-4H3,(H,17,20). The first-order valence-corrected chi connectivity index (χ1v) is 7.99. The van der Waals surface area contributed by atoms with Crippen molar-refractivity contribution in [2.75, 3.05) is 7.05 Å². The van der Waals surface area contributed by atoms with Crippen LogP contribution in [0.2, 0.25) is 0 Å². The largest absolute Gasteiger partial charge is 0.343 e. The van der Waals surface area contributed by atoms with Gasteiger partial charge in [0.25, 0.3) is 0 Å². The van der Waals surface area contributed by atoms with Gasteiger partial charge in [-0.25, -0.2) is 9.89 Å². The summed E-state index contributed by atoms with van der Waals surface area (Å²) in [5, 5.41) is 10.8. The Hall–Kier alpha value is -1.53. The molecule has 21 heavy (non-hydrogen) atoms. The molecule has 0 spiro atoms. The zero-order valence-corrected chi connectivity index (χ0v) is 13.7. The minimum atomic E-state index is -0.182. The maximum atomic E-state index is 11.4. The van der Waals surface area contributed by atoms with Crippen LogP contribution in [-0.2, 0) is 13.5 Å². The monoisotopic (exact) mass is 306 g/mol. The normalized spacial score (nSPS) is 14.1. The van der Waals surface area contributed by atoms with Crippen molar-refractivity contribution in [1.82, 2.24) is 20.1 Å². The average molecular weight is 306 g/mol. The van der Waals surface area contributed by atoms with Crippen molar-refractivity contribution < 1.29 is 0 Å². The van der Waals surface area contributed by atoms with Gasteiger partial charge in [-0.05, 0) is 24.6 Å². The van der Waals surface area contributed by atoms with E-state index in [1.807, 2.05) is 7.05 Å². The van der Waals surface area contributed by atoms with Crippen molar-refractivity contribution in [2.45, 2.75) is 36.7 Å². The van der Waals surface area contributed by atoms with E-state index in [9.17, 15) is 4.79 Å². The first-order valence-electron chi connectivity index (χ1n) is 7.11. The predicted molar refractivity (Wildman–Crippen MR) is 86.8 cm³/mol. The van der Waals surface area contributed by atoms with E-state index >= 15 is 0 Å². The summed E-state index contributed by atoms with van der Waals surface area (Å²) in [6, 6.07) is 8.87. The smallest absolute Gasteiger partial charge is 0.312 e. The van der Waals surface area contributed by atoms with Crippen molar-refractivity contribution in [3.8, 4) is 0 Å². The minimum Gasteiger partial charge on any atom is -0.312 e. The Morgan fingerprint density at radius 3 is 2.52 bits per heavy atom. The Bertz CT molecular complexity index is 632. The molecule has 0 aliphatic rings. The number of thioether (sulfide) groups is 1. The van der Waals surface area contributed by atoms with E-state index in [-0.39, 0.29) is 17.0 Å². The summed E-state index contributed by atoms with van der Waals surface area (Å²) in [5.74, 6) is 0. The molecule has 1 aromatic carbocycles. The number of benzene rings is 1. The van der Waals surface area contributed by atoms with Crippen molar-refractivity contribution in [3.05, 3.63) is 45.9 Å². The van der Waals surface area contributed by atoms with E-state index < -0.39 is 0 Å². The lowest BCUT2D eigenvalue weighted by molar-refractivity contribution is 0.586. The number of nitrogens with zero attached hydrogens (tertiary/aromatic N) is 2. The molecule has 2 atom stereocenters. The second-order valence-electron chi connectivity index (χ2n) is 5.05. The molecule has 0 radical (unpaired) electrons. The number of aromatic amines is 1. The third kappa shape index (κ3) is 3.57. The van der Waals surface area contributed by atoms with Crippen LogP contribution in [0.1, 0.15) is 31.0 Å². The number of aryl methyl sites for hydroxylation is 1. The summed E-state index contributed by atoms with van der Waals surface area (Å²) < 4.78 is 1.54. The van der Waals surface area contributed by atoms with Crippen LogP contribution in [0, 0.1) is 0 Å². The van der Waals surface area contributed by atoms with Crippen LogP contribution in [0.15, 0.2) is 34.2 Å². The van der Waals surface area contributed by atoms with Gasteiger partial charge in [0.2, 0.25) is 0 Å². The maximum absolute atomic E-state index is 11.4. The van der Waals surface area contributed by atoms with Crippen LogP contribution in [0.25, 0.3) is 0 Å². The predicted octanol–water partition coefficient (Wildman–Crippen LogP) is 2.11. The first kappa shape index (κ1) is 15.9. The number of rotatable bonds is 6. The van der Waals surface area contributed by atoms with Gasteiger partial charge in [0.15, 0.2) is 5.16 Å². The number of nitrogens with one attached hydrogen (secondary N) is 2. The molecular weight excluding hydrogens is 284 g/mol. The Morgan fingerprint density at radius 2 is 2.05 bits per heavy atom. The molecule has 2 unspecified atom stereocenters. The van der Waals surface area contributed by atoms with Crippen LogP contribution in [0.4, 0.5) is 0 Å². The molecule has 0 aliphatic heterocycles. The molecular formula is C15H22N4OS. The molecule has 5 nitrogen and oxygen atoms in total. The maximum Gasteiger partial charge on any atom is 0.343 e. The topological polar surface area (TPSA) is 62.7 Å². The van der Waals surface area contributed by atoms with Gasteiger partial charge in [-0.1, -0.05) is 49.9 Å².